The highest BCUT2D eigenvalue weighted by atomic mass is 35.5. The Morgan fingerprint density at radius 2 is 1.96 bits per heavy atom. The summed E-state index contributed by atoms with van der Waals surface area (Å²) in [5.74, 6) is -0.784. The minimum absolute atomic E-state index is 0.00512. The number of sulfone groups is 1. The van der Waals surface area contributed by atoms with Crippen molar-refractivity contribution in [3.05, 3.63) is 27.7 Å². The third-order valence-electron chi connectivity index (χ3n) is 4.20. The Bertz CT molecular complexity index is 932. The highest BCUT2D eigenvalue weighted by molar-refractivity contribution is 7.91. The predicted octanol–water partition coefficient (Wildman–Crippen LogP) is 2.38. The van der Waals surface area contributed by atoms with Gasteiger partial charge < -0.3 is 5.32 Å². The van der Waals surface area contributed by atoms with Crippen LogP contribution in [0.5, 0.6) is 0 Å². The molecule has 1 aromatic rings. The van der Waals surface area contributed by atoms with Gasteiger partial charge >= 0.3 is 0 Å². The van der Waals surface area contributed by atoms with Crippen molar-refractivity contribution in [3.63, 3.8) is 0 Å². The van der Waals surface area contributed by atoms with E-state index in [9.17, 15) is 21.6 Å². The number of benzene rings is 1. The Morgan fingerprint density at radius 3 is 2.52 bits per heavy atom. The molecule has 0 radical (unpaired) electrons. The number of carbonyl (C=O) groups excluding carboxylic acids is 1. The Hall–Kier alpha value is -0.870. The highest BCUT2D eigenvalue weighted by Crippen LogP contribution is 2.29. The number of hydrogen-bond donors (Lipinski definition) is 2. The smallest absolute Gasteiger partial charge is 0.253 e. The first-order valence-electron chi connectivity index (χ1n) is 8.48. The molecule has 11 heteroatoms. The summed E-state index contributed by atoms with van der Waals surface area (Å²) < 4.78 is 50.8. The third-order valence-corrected chi connectivity index (χ3v) is 8.34. The quantitative estimate of drug-likeness (QED) is 0.654. The van der Waals surface area contributed by atoms with Crippen LogP contribution >= 0.6 is 23.2 Å². The van der Waals surface area contributed by atoms with Crippen LogP contribution in [0.1, 0.15) is 43.5 Å². The maximum absolute atomic E-state index is 12.6. The lowest BCUT2D eigenvalue weighted by molar-refractivity contribution is 0.0941. The van der Waals surface area contributed by atoms with Gasteiger partial charge in [-0.2, -0.15) is 0 Å². The fourth-order valence-corrected chi connectivity index (χ4v) is 6.71. The first-order chi connectivity index (χ1) is 12.4. The zero-order valence-corrected chi connectivity index (χ0v) is 18.1. The molecule has 2 unspecified atom stereocenters. The van der Waals surface area contributed by atoms with Gasteiger partial charge in [-0.3, -0.25) is 4.79 Å². The van der Waals surface area contributed by atoms with Gasteiger partial charge in [0.05, 0.1) is 27.1 Å². The zero-order chi connectivity index (χ0) is 20.4. The maximum atomic E-state index is 12.6. The highest BCUT2D eigenvalue weighted by Gasteiger charge is 2.30. The van der Waals surface area contributed by atoms with Crippen LogP contribution in [0.15, 0.2) is 17.0 Å². The van der Waals surface area contributed by atoms with Crippen molar-refractivity contribution in [3.8, 4) is 0 Å². The molecule has 1 aliphatic rings. The molecule has 2 atom stereocenters. The van der Waals surface area contributed by atoms with Crippen LogP contribution in [0.25, 0.3) is 0 Å². The van der Waals surface area contributed by atoms with Crippen LogP contribution in [0, 0.1) is 0 Å². The first-order valence-corrected chi connectivity index (χ1v) is 12.5. The predicted molar refractivity (Wildman–Crippen MR) is 106 cm³/mol. The summed E-state index contributed by atoms with van der Waals surface area (Å²) in [7, 11) is -7.11. The van der Waals surface area contributed by atoms with E-state index in [4.69, 9.17) is 23.2 Å². The molecule has 1 amide bonds. The summed E-state index contributed by atoms with van der Waals surface area (Å²) in [6.07, 6.45) is 1.75. The van der Waals surface area contributed by atoms with Crippen molar-refractivity contribution in [2.75, 3.05) is 11.5 Å². The third kappa shape index (κ3) is 5.80. The SMILES string of the molecule is CCCC(C)NS(=O)(=O)c1cc(C(=O)NC2CCS(=O)(=O)C2)c(Cl)cc1Cl. The summed E-state index contributed by atoms with van der Waals surface area (Å²) in [6, 6.07) is 1.48. The van der Waals surface area contributed by atoms with E-state index in [1.165, 1.54) is 6.07 Å². The largest absolute Gasteiger partial charge is 0.348 e. The lowest BCUT2D eigenvalue weighted by atomic mass is 10.2. The van der Waals surface area contributed by atoms with Crippen LogP contribution in [0.2, 0.25) is 10.0 Å². The minimum Gasteiger partial charge on any atom is -0.348 e. The lowest BCUT2D eigenvalue weighted by Crippen LogP contribution is -2.36. The number of hydrogen-bond acceptors (Lipinski definition) is 5. The van der Waals surface area contributed by atoms with Crippen molar-refractivity contribution in [1.82, 2.24) is 10.0 Å². The number of halogens is 2. The molecule has 0 spiro atoms. The van der Waals surface area contributed by atoms with Crippen molar-refractivity contribution in [1.29, 1.82) is 0 Å². The van der Waals surface area contributed by atoms with Gasteiger partial charge in [0.25, 0.3) is 5.91 Å². The average molecular weight is 457 g/mol. The number of amides is 1. The summed E-state index contributed by atoms with van der Waals surface area (Å²) in [6.45, 7) is 3.67. The zero-order valence-electron chi connectivity index (χ0n) is 15.0. The Balaban J connectivity index is 2.28. The molecule has 1 aromatic carbocycles. The summed E-state index contributed by atoms with van der Waals surface area (Å²) >= 11 is 12.1. The Labute approximate surface area is 169 Å². The molecule has 7 nitrogen and oxygen atoms in total. The van der Waals surface area contributed by atoms with Crippen LogP contribution in [0.3, 0.4) is 0 Å². The summed E-state index contributed by atoms with van der Waals surface area (Å²) in [4.78, 5) is 12.2. The van der Waals surface area contributed by atoms with Crippen LogP contribution in [0.4, 0.5) is 0 Å². The number of carbonyl (C=O) groups is 1. The van der Waals surface area contributed by atoms with Gasteiger partial charge in [0.15, 0.2) is 9.84 Å². The molecule has 0 saturated carbocycles. The normalized spacial score (nSPS) is 20.4. The van der Waals surface area contributed by atoms with Gasteiger partial charge in [0.1, 0.15) is 4.90 Å². The van der Waals surface area contributed by atoms with Crippen molar-refractivity contribution in [2.24, 2.45) is 0 Å². The van der Waals surface area contributed by atoms with Crippen LogP contribution in [-0.4, -0.2) is 46.3 Å². The molecule has 27 heavy (non-hydrogen) atoms. The second-order valence-corrected chi connectivity index (χ2v) is 11.4. The van der Waals surface area contributed by atoms with Gasteiger partial charge in [-0.15, -0.1) is 0 Å². The first kappa shape index (κ1) is 22.4. The van der Waals surface area contributed by atoms with E-state index in [-0.39, 0.29) is 38.1 Å². The lowest BCUT2D eigenvalue weighted by Gasteiger charge is -2.16. The molecule has 0 aliphatic carbocycles. The van der Waals surface area contributed by atoms with Crippen LogP contribution < -0.4 is 10.0 Å². The van der Waals surface area contributed by atoms with E-state index in [0.29, 0.717) is 12.8 Å². The second-order valence-electron chi connectivity index (χ2n) is 6.65. The standard InChI is InChI=1S/C16H22Cl2N2O5S2/c1-3-4-10(2)20-27(24,25)15-7-12(13(17)8-14(15)18)16(21)19-11-5-6-26(22,23)9-11/h7-8,10-11,20H,3-6,9H2,1-2H3,(H,19,21). The number of nitrogens with one attached hydrogen (secondary N) is 2. The van der Waals surface area contributed by atoms with Crippen molar-refractivity contribution in [2.45, 2.75) is 50.1 Å². The molecule has 0 aromatic heterocycles. The molecule has 1 aliphatic heterocycles. The van der Waals surface area contributed by atoms with Crippen LogP contribution in [-0.2, 0) is 19.9 Å². The molecule has 0 bridgehead atoms. The fourth-order valence-electron chi connectivity index (χ4n) is 2.90. The van der Waals surface area contributed by atoms with Gasteiger partial charge in [0.2, 0.25) is 10.0 Å². The van der Waals surface area contributed by atoms with E-state index in [0.717, 1.165) is 12.5 Å². The summed E-state index contributed by atoms with van der Waals surface area (Å²) in [5.41, 5.74) is -0.0751. The van der Waals surface area contributed by atoms with E-state index < -0.39 is 31.8 Å². The molecule has 1 saturated heterocycles. The fraction of sp³-hybridized carbons (Fsp3) is 0.562. The molecule has 2 N–H and O–H groups in total. The van der Waals surface area contributed by atoms with Gasteiger partial charge in [0, 0.05) is 12.1 Å². The Kier molecular flexibility index (Phi) is 7.18. The van der Waals surface area contributed by atoms with Crippen molar-refractivity contribution < 1.29 is 21.6 Å². The molecule has 1 fully saturated rings. The Morgan fingerprint density at radius 1 is 1.30 bits per heavy atom. The number of rotatable bonds is 7. The molecule has 1 heterocycles. The maximum Gasteiger partial charge on any atom is 0.253 e. The minimum atomic E-state index is -3.95. The monoisotopic (exact) mass is 456 g/mol. The van der Waals surface area contributed by atoms with Crippen molar-refractivity contribution >= 4 is 49.0 Å². The second kappa shape index (κ2) is 8.65. The average Bonchev–Trinajstić information content (AvgIpc) is 2.85. The van der Waals surface area contributed by atoms with Gasteiger partial charge in [-0.25, -0.2) is 21.6 Å². The van der Waals surface area contributed by atoms with E-state index in [1.807, 2.05) is 6.92 Å². The molecular weight excluding hydrogens is 435 g/mol. The van der Waals surface area contributed by atoms with Gasteiger partial charge in [-0.1, -0.05) is 36.5 Å². The molecular formula is C16H22Cl2N2O5S2. The molecule has 152 valence electrons. The van der Waals surface area contributed by atoms with E-state index in [2.05, 4.69) is 10.0 Å². The topological polar surface area (TPSA) is 109 Å². The molecule has 2 rings (SSSR count). The summed E-state index contributed by atoms with van der Waals surface area (Å²) in [5, 5.41) is 2.47. The van der Waals surface area contributed by atoms with E-state index >= 15 is 0 Å². The number of sulfonamides is 1. The van der Waals surface area contributed by atoms with Gasteiger partial charge in [-0.05, 0) is 31.9 Å². The van der Waals surface area contributed by atoms with E-state index in [1.54, 1.807) is 6.92 Å².